The Balaban J connectivity index is 1.36. The van der Waals surface area contributed by atoms with Crippen molar-refractivity contribution in [3.8, 4) is 0 Å². The highest BCUT2D eigenvalue weighted by molar-refractivity contribution is 5.92. The first-order valence-corrected chi connectivity index (χ1v) is 10.5. The number of carbonyl (C=O) groups is 1. The van der Waals surface area contributed by atoms with Gasteiger partial charge in [-0.3, -0.25) is 9.48 Å². The van der Waals surface area contributed by atoms with Crippen molar-refractivity contribution in [2.24, 2.45) is 0 Å². The number of nitrogens with one attached hydrogen (secondary N) is 2. The molecule has 0 aliphatic heterocycles. The average Bonchev–Trinajstić information content (AvgIpc) is 3.26. The molecule has 2 aromatic carbocycles. The number of aromatic amines is 1. The number of aryl methyl sites for hydroxylation is 3. The molecule has 4 aromatic rings. The van der Waals surface area contributed by atoms with Gasteiger partial charge >= 0.3 is 0 Å². The summed E-state index contributed by atoms with van der Waals surface area (Å²) in [5, 5.41) is 8.95. The predicted octanol–water partition coefficient (Wildman–Crippen LogP) is 5.30. The molecule has 1 amide bonds. The monoisotopic (exact) mass is 400 g/mol. The maximum absolute atomic E-state index is 12.6. The number of benzene rings is 2. The van der Waals surface area contributed by atoms with Crippen LogP contribution in [0, 0.1) is 20.8 Å². The van der Waals surface area contributed by atoms with Crippen molar-refractivity contribution in [2.45, 2.75) is 46.6 Å². The van der Waals surface area contributed by atoms with Gasteiger partial charge in [0.2, 0.25) is 5.91 Å². The minimum Gasteiger partial charge on any atom is -0.361 e. The lowest BCUT2D eigenvalue weighted by Gasteiger charge is -2.08. The fourth-order valence-electron chi connectivity index (χ4n) is 3.88. The van der Waals surface area contributed by atoms with Crippen molar-refractivity contribution >= 4 is 22.5 Å². The number of rotatable bonds is 7. The fraction of sp³-hybridized carbons (Fsp3) is 0.280. The lowest BCUT2D eigenvalue weighted by molar-refractivity contribution is -0.116. The molecular formula is C25H28N4O. The zero-order chi connectivity index (χ0) is 21.1. The van der Waals surface area contributed by atoms with Crippen molar-refractivity contribution in [3.63, 3.8) is 0 Å². The van der Waals surface area contributed by atoms with E-state index in [1.807, 2.05) is 36.9 Å². The number of para-hydroxylation sites is 1. The molecule has 5 heteroatoms. The third-order valence-electron chi connectivity index (χ3n) is 5.62. The van der Waals surface area contributed by atoms with Crippen molar-refractivity contribution in [2.75, 3.05) is 5.32 Å². The highest BCUT2D eigenvalue weighted by atomic mass is 16.1. The molecule has 2 heterocycles. The third kappa shape index (κ3) is 4.30. The van der Waals surface area contributed by atoms with Crippen LogP contribution in [0.1, 0.15) is 40.9 Å². The SMILES string of the molecule is Cc1ccc(Cn2nc(C)c(NC(=O)CCCc3c[nH]c4ccccc34)c2C)cc1. The highest BCUT2D eigenvalue weighted by Gasteiger charge is 2.14. The second kappa shape index (κ2) is 8.57. The maximum Gasteiger partial charge on any atom is 0.224 e. The van der Waals surface area contributed by atoms with Gasteiger partial charge in [0, 0.05) is 23.5 Å². The van der Waals surface area contributed by atoms with Crippen LogP contribution in [0.15, 0.2) is 54.7 Å². The summed E-state index contributed by atoms with van der Waals surface area (Å²) < 4.78 is 1.96. The van der Waals surface area contributed by atoms with Crippen LogP contribution in [0.25, 0.3) is 10.9 Å². The molecule has 0 spiro atoms. The van der Waals surface area contributed by atoms with Gasteiger partial charge in [0.15, 0.2) is 0 Å². The Hall–Kier alpha value is -3.34. The van der Waals surface area contributed by atoms with E-state index in [0.717, 1.165) is 35.4 Å². The van der Waals surface area contributed by atoms with Gasteiger partial charge in [0.05, 0.1) is 23.6 Å². The summed E-state index contributed by atoms with van der Waals surface area (Å²) >= 11 is 0. The summed E-state index contributed by atoms with van der Waals surface area (Å²) in [4.78, 5) is 15.9. The molecule has 0 fully saturated rings. The van der Waals surface area contributed by atoms with Gasteiger partial charge in [-0.25, -0.2) is 0 Å². The van der Waals surface area contributed by atoms with Gasteiger partial charge in [0.1, 0.15) is 0 Å². The molecule has 0 saturated carbocycles. The number of carbonyl (C=O) groups excluding carboxylic acids is 1. The van der Waals surface area contributed by atoms with Crippen molar-refractivity contribution in [1.29, 1.82) is 0 Å². The lowest BCUT2D eigenvalue weighted by Crippen LogP contribution is -2.13. The quantitative estimate of drug-likeness (QED) is 0.442. The molecule has 0 aliphatic carbocycles. The van der Waals surface area contributed by atoms with Gasteiger partial charge in [0.25, 0.3) is 0 Å². The second-order valence-corrected chi connectivity index (χ2v) is 7.95. The molecule has 2 aromatic heterocycles. The molecule has 0 bridgehead atoms. The molecule has 30 heavy (non-hydrogen) atoms. The zero-order valence-electron chi connectivity index (χ0n) is 17.8. The Labute approximate surface area is 177 Å². The minimum atomic E-state index is 0.0379. The second-order valence-electron chi connectivity index (χ2n) is 7.95. The van der Waals surface area contributed by atoms with Crippen LogP contribution < -0.4 is 5.32 Å². The zero-order valence-corrected chi connectivity index (χ0v) is 17.8. The number of hydrogen-bond donors (Lipinski definition) is 2. The molecule has 0 radical (unpaired) electrons. The van der Waals surface area contributed by atoms with E-state index in [1.165, 1.54) is 22.1 Å². The molecule has 4 rings (SSSR count). The smallest absolute Gasteiger partial charge is 0.224 e. The molecule has 2 N–H and O–H groups in total. The van der Waals surface area contributed by atoms with Gasteiger partial charge in [-0.05, 0) is 50.8 Å². The van der Waals surface area contributed by atoms with Gasteiger partial charge in [-0.15, -0.1) is 0 Å². The van der Waals surface area contributed by atoms with Crippen molar-refractivity contribution in [1.82, 2.24) is 14.8 Å². The van der Waals surface area contributed by atoms with E-state index in [4.69, 9.17) is 0 Å². The first-order chi connectivity index (χ1) is 14.5. The third-order valence-corrected chi connectivity index (χ3v) is 5.62. The van der Waals surface area contributed by atoms with Crippen LogP contribution in [0.4, 0.5) is 5.69 Å². The Morgan fingerprint density at radius 3 is 2.63 bits per heavy atom. The summed E-state index contributed by atoms with van der Waals surface area (Å²) in [6, 6.07) is 16.7. The van der Waals surface area contributed by atoms with Gasteiger partial charge in [-0.1, -0.05) is 48.0 Å². The van der Waals surface area contributed by atoms with Crippen LogP contribution >= 0.6 is 0 Å². The Morgan fingerprint density at radius 1 is 1.07 bits per heavy atom. The highest BCUT2D eigenvalue weighted by Crippen LogP contribution is 2.22. The number of fused-ring (bicyclic) bond motifs is 1. The first kappa shape index (κ1) is 20.0. The summed E-state index contributed by atoms with van der Waals surface area (Å²) in [7, 11) is 0. The molecule has 0 atom stereocenters. The molecule has 0 unspecified atom stereocenters. The van der Waals surface area contributed by atoms with Crippen LogP contribution in [0.2, 0.25) is 0 Å². The fourth-order valence-corrected chi connectivity index (χ4v) is 3.88. The van der Waals surface area contributed by atoms with Crippen LogP contribution in [0.3, 0.4) is 0 Å². The van der Waals surface area contributed by atoms with E-state index >= 15 is 0 Å². The number of hydrogen-bond acceptors (Lipinski definition) is 2. The lowest BCUT2D eigenvalue weighted by atomic mass is 10.1. The summed E-state index contributed by atoms with van der Waals surface area (Å²) in [5.41, 5.74) is 7.51. The number of aromatic nitrogens is 3. The topological polar surface area (TPSA) is 62.7 Å². The Bertz CT molecular complexity index is 1170. The summed E-state index contributed by atoms with van der Waals surface area (Å²) in [5.74, 6) is 0.0379. The van der Waals surface area contributed by atoms with Gasteiger partial charge in [-0.2, -0.15) is 5.10 Å². The first-order valence-electron chi connectivity index (χ1n) is 10.5. The van der Waals surface area contributed by atoms with E-state index < -0.39 is 0 Å². The van der Waals surface area contributed by atoms with Crippen LogP contribution in [-0.2, 0) is 17.8 Å². The number of amides is 1. The van der Waals surface area contributed by atoms with Crippen molar-refractivity contribution < 1.29 is 4.79 Å². The van der Waals surface area contributed by atoms with E-state index in [-0.39, 0.29) is 5.91 Å². The molecule has 0 saturated heterocycles. The number of nitrogens with zero attached hydrogens (tertiary/aromatic N) is 2. The Morgan fingerprint density at radius 2 is 1.83 bits per heavy atom. The minimum absolute atomic E-state index is 0.0379. The molecule has 0 aliphatic rings. The summed E-state index contributed by atoms with van der Waals surface area (Å²) in [6.45, 7) is 6.73. The summed E-state index contributed by atoms with van der Waals surface area (Å²) in [6.07, 6.45) is 4.22. The number of H-pyrrole nitrogens is 1. The molecule has 5 nitrogen and oxygen atoms in total. The predicted molar refractivity (Wildman–Crippen MR) is 122 cm³/mol. The number of anilines is 1. The molecule has 154 valence electrons. The molecular weight excluding hydrogens is 372 g/mol. The maximum atomic E-state index is 12.6. The van der Waals surface area contributed by atoms with Crippen LogP contribution in [-0.4, -0.2) is 20.7 Å². The van der Waals surface area contributed by atoms with E-state index in [9.17, 15) is 4.79 Å². The van der Waals surface area contributed by atoms with E-state index in [2.05, 4.69) is 58.7 Å². The standard InChI is InChI=1S/C25H28N4O/c1-17-11-13-20(14-12-17)16-29-19(3)25(18(2)28-29)27-24(30)10-6-7-21-15-26-23-9-5-4-8-22(21)23/h4-5,8-9,11-15,26H,6-7,10,16H2,1-3H3,(H,27,30). The van der Waals surface area contributed by atoms with Crippen LogP contribution in [0.5, 0.6) is 0 Å². The van der Waals surface area contributed by atoms with Gasteiger partial charge < -0.3 is 10.3 Å². The largest absolute Gasteiger partial charge is 0.361 e. The van der Waals surface area contributed by atoms with E-state index in [1.54, 1.807) is 0 Å². The normalized spacial score (nSPS) is 11.2. The average molecular weight is 401 g/mol. The Kier molecular flexibility index (Phi) is 5.70. The van der Waals surface area contributed by atoms with E-state index in [0.29, 0.717) is 13.0 Å². The van der Waals surface area contributed by atoms with Crippen molar-refractivity contribution in [3.05, 3.63) is 82.8 Å².